The highest BCUT2D eigenvalue weighted by Crippen LogP contribution is 2.38. The Hall–Kier alpha value is 0.320. The molecule has 1 heterocycles. The van der Waals surface area contributed by atoms with Gasteiger partial charge in [0.05, 0.1) is 6.04 Å². The fourth-order valence-corrected chi connectivity index (χ4v) is 4.68. The molecule has 2 aromatic rings. The summed E-state index contributed by atoms with van der Waals surface area (Å²) in [4.78, 5) is 1.30. The molecule has 1 atom stereocenters. The molecule has 0 spiro atoms. The smallest absolute Gasteiger partial charge is 0.0693 e. The third kappa shape index (κ3) is 3.50. The highest BCUT2D eigenvalue weighted by molar-refractivity contribution is 9.11. The Bertz CT molecular complexity index is 580. The van der Waals surface area contributed by atoms with Crippen molar-refractivity contribution in [2.75, 3.05) is 6.54 Å². The summed E-state index contributed by atoms with van der Waals surface area (Å²) >= 11 is 12.7. The van der Waals surface area contributed by atoms with E-state index in [4.69, 9.17) is 0 Å². The van der Waals surface area contributed by atoms with Crippen LogP contribution >= 0.6 is 59.1 Å². The molecule has 0 radical (unpaired) electrons. The maximum absolute atomic E-state index is 3.69. The first-order chi connectivity index (χ1) is 9.04. The van der Waals surface area contributed by atoms with Crippen molar-refractivity contribution in [3.63, 3.8) is 0 Å². The van der Waals surface area contributed by atoms with Crippen LogP contribution in [0.1, 0.15) is 29.0 Å². The molecule has 0 fully saturated rings. The van der Waals surface area contributed by atoms with Gasteiger partial charge in [-0.3, -0.25) is 0 Å². The van der Waals surface area contributed by atoms with Gasteiger partial charge in [0.25, 0.3) is 0 Å². The molecule has 1 unspecified atom stereocenters. The fourth-order valence-electron chi connectivity index (χ4n) is 1.94. The largest absolute Gasteiger partial charge is 0.306 e. The van der Waals surface area contributed by atoms with Crippen LogP contribution in [0, 0.1) is 6.92 Å². The van der Waals surface area contributed by atoms with E-state index < -0.39 is 0 Å². The predicted octanol–water partition coefficient (Wildman–Crippen LogP) is 6.04. The van der Waals surface area contributed by atoms with Gasteiger partial charge in [0.2, 0.25) is 0 Å². The minimum Gasteiger partial charge on any atom is -0.306 e. The average molecular weight is 468 g/mol. The van der Waals surface area contributed by atoms with Crippen LogP contribution in [0.4, 0.5) is 0 Å². The number of hydrogen-bond acceptors (Lipinski definition) is 2. The number of thiophene rings is 1. The molecule has 19 heavy (non-hydrogen) atoms. The maximum atomic E-state index is 3.69. The van der Waals surface area contributed by atoms with Crippen LogP contribution in [0.3, 0.4) is 0 Å². The van der Waals surface area contributed by atoms with Crippen LogP contribution in [-0.4, -0.2) is 6.54 Å². The normalized spacial score (nSPS) is 12.7. The molecular formula is C14H14Br3NS. The highest BCUT2D eigenvalue weighted by atomic mass is 79.9. The van der Waals surface area contributed by atoms with Gasteiger partial charge in [-0.1, -0.05) is 38.8 Å². The van der Waals surface area contributed by atoms with Gasteiger partial charge in [-0.05, 0) is 64.1 Å². The number of halogens is 3. The summed E-state index contributed by atoms with van der Waals surface area (Å²) < 4.78 is 3.44. The molecule has 2 rings (SSSR count). The van der Waals surface area contributed by atoms with E-state index in [9.17, 15) is 0 Å². The second-order valence-electron chi connectivity index (χ2n) is 4.25. The van der Waals surface area contributed by atoms with Gasteiger partial charge >= 0.3 is 0 Å². The van der Waals surface area contributed by atoms with Crippen LogP contribution in [0.5, 0.6) is 0 Å². The maximum Gasteiger partial charge on any atom is 0.0693 e. The van der Waals surface area contributed by atoms with Crippen LogP contribution in [0.15, 0.2) is 37.0 Å². The molecule has 0 saturated heterocycles. The summed E-state index contributed by atoms with van der Waals surface area (Å²) in [6.07, 6.45) is 0. The molecule has 1 aromatic heterocycles. The van der Waals surface area contributed by atoms with E-state index in [0.29, 0.717) is 0 Å². The van der Waals surface area contributed by atoms with Gasteiger partial charge in [0, 0.05) is 18.3 Å². The zero-order valence-electron chi connectivity index (χ0n) is 10.6. The standard InChI is InChI=1S/C14H14Br3NS/c1-3-18-13(14-10(15)4-5-19-14)9-7-11(16)8(2)6-12(9)17/h4-7,13,18H,3H2,1-2H3. The summed E-state index contributed by atoms with van der Waals surface area (Å²) in [5.74, 6) is 0. The highest BCUT2D eigenvalue weighted by Gasteiger charge is 2.20. The zero-order valence-corrected chi connectivity index (χ0v) is 16.2. The second kappa shape index (κ2) is 6.85. The molecular weight excluding hydrogens is 454 g/mol. The van der Waals surface area contributed by atoms with Gasteiger partial charge in [-0.15, -0.1) is 11.3 Å². The van der Waals surface area contributed by atoms with E-state index in [2.05, 4.69) is 90.5 Å². The van der Waals surface area contributed by atoms with Crippen LogP contribution in [-0.2, 0) is 0 Å². The zero-order chi connectivity index (χ0) is 14.0. The average Bonchev–Trinajstić information content (AvgIpc) is 2.77. The quantitative estimate of drug-likeness (QED) is 0.577. The molecule has 0 amide bonds. The Balaban J connectivity index is 2.51. The first kappa shape index (κ1) is 15.7. The van der Waals surface area contributed by atoms with Crippen LogP contribution in [0.25, 0.3) is 0 Å². The summed E-state index contributed by atoms with van der Waals surface area (Å²) in [6.45, 7) is 5.15. The SMILES string of the molecule is CCNC(c1cc(Br)c(C)cc1Br)c1sccc1Br. The lowest BCUT2D eigenvalue weighted by molar-refractivity contribution is 0.635. The Morgan fingerprint density at radius 1 is 1.16 bits per heavy atom. The van der Waals surface area contributed by atoms with Gasteiger partial charge < -0.3 is 5.32 Å². The summed E-state index contributed by atoms with van der Waals surface area (Å²) in [5, 5.41) is 5.67. The molecule has 0 aliphatic rings. The minimum absolute atomic E-state index is 0.200. The Kier molecular flexibility index (Phi) is 5.66. The molecule has 102 valence electrons. The second-order valence-corrected chi connectivity index (χ2v) is 7.76. The molecule has 1 N–H and O–H groups in total. The topological polar surface area (TPSA) is 12.0 Å². The fraction of sp³-hybridized carbons (Fsp3) is 0.286. The molecule has 0 aliphatic heterocycles. The molecule has 5 heteroatoms. The van der Waals surface area contributed by atoms with Crippen molar-refractivity contribution in [3.05, 3.63) is 53.0 Å². The number of hydrogen-bond donors (Lipinski definition) is 1. The van der Waals surface area contributed by atoms with Gasteiger partial charge in [0.1, 0.15) is 0 Å². The summed E-state index contributed by atoms with van der Waals surface area (Å²) in [5.41, 5.74) is 2.48. The first-order valence-corrected chi connectivity index (χ1v) is 9.22. The predicted molar refractivity (Wildman–Crippen MR) is 94.1 cm³/mol. The third-order valence-corrected chi connectivity index (χ3v) is 6.38. The minimum atomic E-state index is 0.200. The monoisotopic (exact) mass is 465 g/mol. The van der Waals surface area contributed by atoms with Gasteiger partial charge in [0.15, 0.2) is 0 Å². The van der Waals surface area contributed by atoms with E-state index in [1.165, 1.54) is 16.0 Å². The Morgan fingerprint density at radius 2 is 1.89 bits per heavy atom. The lowest BCUT2D eigenvalue weighted by Crippen LogP contribution is -2.22. The van der Waals surface area contributed by atoms with Crippen molar-refractivity contribution in [3.8, 4) is 0 Å². The van der Waals surface area contributed by atoms with E-state index in [-0.39, 0.29) is 6.04 Å². The first-order valence-electron chi connectivity index (χ1n) is 5.96. The van der Waals surface area contributed by atoms with Crippen molar-refractivity contribution in [1.29, 1.82) is 0 Å². The number of aryl methyl sites for hydroxylation is 1. The Labute approximate surface area is 143 Å². The number of rotatable bonds is 4. The van der Waals surface area contributed by atoms with Crippen LogP contribution < -0.4 is 5.32 Å². The van der Waals surface area contributed by atoms with Gasteiger partial charge in [-0.2, -0.15) is 0 Å². The van der Waals surface area contributed by atoms with Gasteiger partial charge in [-0.25, -0.2) is 0 Å². The van der Waals surface area contributed by atoms with E-state index >= 15 is 0 Å². The number of nitrogens with one attached hydrogen (secondary N) is 1. The lowest BCUT2D eigenvalue weighted by atomic mass is 10.0. The van der Waals surface area contributed by atoms with E-state index in [1.807, 2.05) is 0 Å². The van der Waals surface area contributed by atoms with Crippen LogP contribution in [0.2, 0.25) is 0 Å². The molecule has 0 aliphatic carbocycles. The van der Waals surface area contributed by atoms with Crippen molar-refractivity contribution < 1.29 is 0 Å². The lowest BCUT2D eigenvalue weighted by Gasteiger charge is -2.20. The molecule has 1 aromatic carbocycles. The van der Waals surface area contributed by atoms with Crippen molar-refractivity contribution in [2.24, 2.45) is 0 Å². The summed E-state index contributed by atoms with van der Waals surface area (Å²) in [7, 11) is 0. The summed E-state index contributed by atoms with van der Waals surface area (Å²) in [6, 6.07) is 6.65. The Morgan fingerprint density at radius 3 is 2.47 bits per heavy atom. The molecule has 1 nitrogen and oxygen atoms in total. The van der Waals surface area contributed by atoms with Crippen molar-refractivity contribution >= 4 is 59.1 Å². The van der Waals surface area contributed by atoms with E-state index in [0.717, 1.165) is 20.0 Å². The van der Waals surface area contributed by atoms with E-state index in [1.54, 1.807) is 11.3 Å². The molecule has 0 saturated carbocycles. The van der Waals surface area contributed by atoms with Crippen molar-refractivity contribution in [2.45, 2.75) is 19.9 Å². The van der Waals surface area contributed by atoms with Crippen molar-refractivity contribution in [1.82, 2.24) is 5.32 Å². The number of benzene rings is 1. The third-order valence-electron chi connectivity index (χ3n) is 2.90. The molecule has 0 bridgehead atoms.